The zero-order chi connectivity index (χ0) is 13.9. The maximum absolute atomic E-state index is 12.6. The van der Waals surface area contributed by atoms with Gasteiger partial charge in [0.25, 0.3) is 0 Å². The molecule has 19 heavy (non-hydrogen) atoms. The first-order valence-corrected chi connectivity index (χ1v) is 8.25. The summed E-state index contributed by atoms with van der Waals surface area (Å²) in [6, 6.07) is 6.76. The molecular formula is C14H21NO3S. The summed E-state index contributed by atoms with van der Waals surface area (Å²) in [5.41, 5.74) is 0.632. The first-order chi connectivity index (χ1) is 9.09. The van der Waals surface area contributed by atoms with Crippen molar-refractivity contribution in [1.82, 2.24) is 4.31 Å². The number of benzene rings is 1. The summed E-state index contributed by atoms with van der Waals surface area (Å²) in [4.78, 5) is 0.294. The molecule has 1 N–H and O–H groups in total. The quantitative estimate of drug-likeness (QED) is 0.834. The normalized spacial score (nSPS) is 15.9. The van der Waals surface area contributed by atoms with Gasteiger partial charge in [0.15, 0.2) is 0 Å². The predicted octanol–water partition coefficient (Wildman–Crippen LogP) is 2.13. The molecule has 1 aromatic rings. The minimum Gasteiger partial charge on any atom is -0.392 e. The molecule has 0 aromatic heterocycles. The molecule has 0 atom stereocenters. The van der Waals surface area contributed by atoms with Gasteiger partial charge >= 0.3 is 0 Å². The van der Waals surface area contributed by atoms with Gasteiger partial charge in [0, 0.05) is 12.6 Å². The van der Waals surface area contributed by atoms with E-state index in [1.165, 1.54) is 0 Å². The maximum atomic E-state index is 12.6. The number of hydrogen-bond acceptors (Lipinski definition) is 3. The molecule has 1 saturated carbocycles. The Morgan fingerprint density at radius 3 is 2.68 bits per heavy atom. The highest BCUT2D eigenvalue weighted by molar-refractivity contribution is 7.89. The Morgan fingerprint density at radius 2 is 2.11 bits per heavy atom. The van der Waals surface area contributed by atoms with Gasteiger partial charge in [-0.05, 0) is 37.0 Å². The summed E-state index contributed by atoms with van der Waals surface area (Å²) in [5, 5.41) is 9.12. The molecule has 1 aromatic carbocycles. The zero-order valence-electron chi connectivity index (χ0n) is 11.2. The van der Waals surface area contributed by atoms with E-state index in [2.05, 4.69) is 6.92 Å². The highest BCUT2D eigenvalue weighted by atomic mass is 32.2. The molecule has 1 fully saturated rings. The Bertz CT molecular complexity index is 523. The Hall–Kier alpha value is -0.910. The van der Waals surface area contributed by atoms with Crippen LogP contribution in [0.2, 0.25) is 0 Å². The SMILES string of the molecule is CCCCN(C1CC1)S(=O)(=O)c1cccc(CO)c1. The van der Waals surface area contributed by atoms with Crippen LogP contribution in [0.25, 0.3) is 0 Å². The number of nitrogens with zero attached hydrogens (tertiary/aromatic N) is 1. The second-order valence-corrected chi connectivity index (χ2v) is 6.90. The van der Waals surface area contributed by atoms with Crippen molar-refractivity contribution in [2.24, 2.45) is 0 Å². The van der Waals surface area contributed by atoms with E-state index < -0.39 is 10.0 Å². The van der Waals surface area contributed by atoms with Gasteiger partial charge in [-0.3, -0.25) is 0 Å². The van der Waals surface area contributed by atoms with E-state index in [-0.39, 0.29) is 12.6 Å². The second-order valence-electron chi connectivity index (χ2n) is 5.01. The fraction of sp³-hybridized carbons (Fsp3) is 0.571. The molecule has 5 heteroatoms. The predicted molar refractivity (Wildman–Crippen MR) is 74.2 cm³/mol. The molecule has 0 amide bonds. The molecular weight excluding hydrogens is 262 g/mol. The molecule has 0 unspecified atom stereocenters. The van der Waals surface area contributed by atoms with Crippen molar-refractivity contribution in [3.05, 3.63) is 29.8 Å². The van der Waals surface area contributed by atoms with Crippen LogP contribution in [-0.4, -0.2) is 30.4 Å². The smallest absolute Gasteiger partial charge is 0.243 e. The van der Waals surface area contributed by atoms with Gasteiger partial charge in [0.1, 0.15) is 0 Å². The van der Waals surface area contributed by atoms with Gasteiger partial charge in [0.05, 0.1) is 11.5 Å². The van der Waals surface area contributed by atoms with Crippen molar-refractivity contribution in [2.75, 3.05) is 6.54 Å². The van der Waals surface area contributed by atoms with Crippen molar-refractivity contribution >= 4 is 10.0 Å². The van der Waals surface area contributed by atoms with E-state index in [4.69, 9.17) is 5.11 Å². The van der Waals surface area contributed by atoms with Crippen LogP contribution in [-0.2, 0) is 16.6 Å². The van der Waals surface area contributed by atoms with Crippen LogP contribution in [0.4, 0.5) is 0 Å². The Kier molecular flexibility index (Phi) is 4.60. The van der Waals surface area contributed by atoms with Crippen LogP contribution < -0.4 is 0 Å². The van der Waals surface area contributed by atoms with Gasteiger partial charge in [-0.25, -0.2) is 8.42 Å². The summed E-state index contributed by atoms with van der Waals surface area (Å²) >= 11 is 0. The van der Waals surface area contributed by atoms with Crippen LogP contribution in [0.3, 0.4) is 0 Å². The van der Waals surface area contributed by atoms with E-state index in [1.807, 2.05) is 0 Å². The van der Waals surface area contributed by atoms with Crippen molar-refractivity contribution in [3.8, 4) is 0 Å². The van der Waals surface area contributed by atoms with Crippen LogP contribution in [0, 0.1) is 0 Å². The standard InChI is InChI=1S/C14H21NO3S/c1-2-3-9-15(13-7-8-13)19(17,18)14-6-4-5-12(10-14)11-16/h4-6,10,13,16H,2-3,7-9,11H2,1H3. The molecule has 0 saturated heterocycles. The van der Waals surface area contributed by atoms with Gasteiger partial charge < -0.3 is 5.11 Å². The lowest BCUT2D eigenvalue weighted by atomic mass is 10.2. The van der Waals surface area contributed by atoms with E-state index >= 15 is 0 Å². The second kappa shape index (κ2) is 6.03. The highest BCUT2D eigenvalue weighted by Gasteiger charge is 2.37. The third-order valence-electron chi connectivity index (χ3n) is 3.37. The molecule has 2 rings (SSSR count). The van der Waals surface area contributed by atoms with Crippen LogP contribution in [0.1, 0.15) is 38.2 Å². The number of aliphatic hydroxyl groups is 1. The van der Waals surface area contributed by atoms with E-state index in [1.54, 1.807) is 28.6 Å². The molecule has 0 spiro atoms. The first-order valence-electron chi connectivity index (χ1n) is 6.81. The molecule has 1 aliphatic carbocycles. The van der Waals surface area contributed by atoms with E-state index in [9.17, 15) is 8.42 Å². The number of rotatable bonds is 7. The number of hydrogen-bond donors (Lipinski definition) is 1. The zero-order valence-corrected chi connectivity index (χ0v) is 12.1. The summed E-state index contributed by atoms with van der Waals surface area (Å²) in [6.45, 7) is 2.51. The van der Waals surface area contributed by atoms with Crippen molar-refractivity contribution in [3.63, 3.8) is 0 Å². The fourth-order valence-electron chi connectivity index (χ4n) is 2.12. The van der Waals surface area contributed by atoms with Gasteiger partial charge in [-0.1, -0.05) is 25.5 Å². The number of unbranched alkanes of at least 4 members (excludes halogenated alkanes) is 1. The lowest BCUT2D eigenvalue weighted by molar-refractivity contribution is 0.281. The van der Waals surface area contributed by atoms with Crippen LogP contribution in [0.15, 0.2) is 29.2 Å². The minimum absolute atomic E-state index is 0.137. The summed E-state index contributed by atoms with van der Waals surface area (Å²) < 4.78 is 26.9. The summed E-state index contributed by atoms with van der Waals surface area (Å²) in [6.07, 6.45) is 3.79. The average molecular weight is 283 g/mol. The lowest BCUT2D eigenvalue weighted by Gasteiger charge is -2.22. The lowest BCUT2D eigenvalue weighted by Crippen LogP contribution is -2.34. The molecule has 4 nitrogen and oxygen atoms in total. The van der Waals surface area contributed by atoms with E-state index in [0.29, 0.717) is 17.0 Å². The maximum Gasteiger partial charge on any atom is 0.243 e. The Labute approximate surface area is 115 Å². The molecule has 0 heterocycles. The van der Waals surface area contributed by atoms with Crippen molar-refractivity contribution in [2.45, 2.75) is 50.2 Å². The molecule has 0 radical (unpaired) electrons. The molecule has 0 aliphatic heterocycles. The Morgan fingerprint density at radius 1 is 1.37 bits per heavy atom. The minimum atomic E-state index is -3.42. The third kappa shape index (κ3) is 3.35. The average Bonchev–Trinajstić information content (AvgIpc) is 3.23. The fourth-order valence-corrected chi connectivity index (χ4v) is 3.91. The molecule has 106 valence electrons. The molecule has 0 bridgehead atoms. The largest absolute Gasteiger partial charge is 0.392 e. The number of sulfonamides is 1. The van der Waals surface area contributed by atoms with Gasteiger partial charge in [-0.2, -0.15) is 4.31 Å². The Balaban J connectivity index is 2.27. The monoisotopic (exact) mass is 283 g/mol. The summed E-state index contributed by atoms with van der Waals surface area (Å²) in [5.74, 6) is 0. The van der Waals surface area contributed by atoms with Gasteiger partial charge in [0.2, 0.25) is 10.0 Å². The third-order valence-corrected chi connectivity index (χ3v) is 5.32. The van der Waals surface area contributed by atoms with Crippen LogP contribution >= 0.6 is 0 Å². The summed E-state index contributed by atoms with van der Waals surface area (Å²) in [7, 11) is -3.42. The highest BCUT2D eigenvalue weighted by Crippen LogP contribution is 2.32. The van der Waals surface area contributed by atoms with Gasteiger partial charge in [-0.15, -0.1) is 0 Å². The first kappa shape index (κ1) is 14.5. The number of aliphatic hydroxyl groups excluding tert-OH is 1. The van der Waals surface area contributed by atoms with Crippen LogP contribution in [0.5, 0.6) is 0 Å². The topological polar surface area (TPSA) is 57.6 Å². The van der Waals surface area contributed by atoms with Crippen molar-refractivity contribution in [1.29, 1.82) is 0 Å². The van der Waals surface area contributed by atoms with E-state index in [0.717, 1.165) is 25.7 Å². The van der Waals surface area contributed by atoms with Crippen molar-refractivity contribution < 1.29 is 13.5 Å². The molecule has 1 aliphatic rings.